The van der Waals surface area contributed by atoms with Gasteiger partial charge in [0.25, 0.3) is 0 Å². The van der Waals surface area contributed by atoms with Crippen molar-refractivity contribution in [2.45, 2.75) is 6.92 Å². The van der Waals surface area contributed by atoms with Gasteiger partial charge < -0.3 is 9.47 Å². The molecule has 0 unspecified atom stereocenters. The van der Waals surface area contributed by atoms with E-state index in [4.69, 9.17) is 6.58 Å². The van der Waals surface area contributed by atoms with Crippen molar-refractivity contribution in [2.75, 3.05) is 4.90 Å². The lowest BCUT2D eigenvalue weighted by molar-refractivity contribution is 1.06. The van der Waals surface area contributed by atoms with Crippen molar-refractivity contribution >= 4 is 71.6 Å². The molecule has 0 aliphatic rings. The normalized spacial score (nSPS) is 11.9. The van der Waals surface area contributed by atoms with E-state index in [2.05, 4.69) is 219 Å². The number of hydrogen-bond donors (Lipinski definition) is 0. The molecule has 0 atom stereocenters. The van der Waals surface area contributed by atoms with E-state index in [9.17, 15) is 0 Å². The Labute approximate surface area is 343 Å². The average molecular weight is 758 g/mol. The molecule has 0 N–H and O–H groups in total. The van der Waals surface area contributed by atoms with Gasteiger partial charge in [-0.05, 0) is 100.0 Å². The zero-order valence-corrected chi connectivity index (χ0v) is 32.6. The van der Waals surface area contributed by atoms with Gasteiger partial charge >= 0.3 is 0 Å². The van der Waals surface area contributed by atoms with Gasteiger partial charge in [-0.2, -0.15) is 0 Å². The van der Waals surface area contributed by atoms with Crippen LogP contribution >= 0.6 is 0 Å². The first kappa shape index (κ1) is 35.5. The molecule has 0 amide bonds. The number of benzene rings is 8. The first-order valence-corrected chi connectivity index (χ1v) is 19.8. The molecule has 0 aliphatic carbocycles. The Morgan fingerprint density at radius 3 is 2.08 bits per heavy atom. The molecule has 59 heavy (non-hydrogen) atoms. The Bertz CT molecular complexity index is 3240. The molecule has 0 fully saturated rings. The third kappa shape index (κ3) is 6.55. The molecule has 280 valence electrons. The van der Waals surface area contributed by atoms with Gasteiger partial charge in [0.2, 0.25) is 0 Å². The topological polar surface area (TPSA) is 46.8 Å². The van der Waals surface area contributed by atoms with E-state index in [0.717, 1.165) is 72.4 Å². The predicted octanol–water partition coefficient (Wildman–Crippen LogP) is 14.1. The van der Waals surface area contributed by atoms with Crippen LogP contribution in [0.25, 0.3) is 71.6 Å². The lowest BCUT2D eigenvalue weighted by Crippen LogP contribution is -2.11. The summed E-state index contributed by atoms with van der Waals surface area (Å²) in [6, 6.07) is 62.9. The lowest BCUT2D eigenvalue weighted by atomic mass is 9.92. The number of aromatic nitrogens is 4. The largest absolute Gasteiger partial charge is 0.310 e. The number of fused-ring (bicyclic) bond motifs is 5. The molecule has 10 aromatic rings. The van der Waals surface area contributed by atoms with Gasteiger partial charge in [-0.25, -0.2) is 15.0 Å². The summed E-state index contributed by atoms with van der Waals surface area (Å²) in [5.74, 6) is 0.641. The van der Waals surface area contributed by atoms with Crippen molar-refractivity contribution in [3.63, 3.8) is 0 Å². The van der Waals surface area contributed by atoms with Crippen LogP contribution in [0.5, 0.6) is 0 Å². The molecule has 5 nitrogen and oxygen atoms in total. The van der Waals surface area contributed by atoms with Crippen LogP contribution in [0, 0.1) is 0 Å². The third-order valence-corrected chi connectivity index (χ3v) is 11.1. The van der Waals surface area contributed by atoms with Crippen LogP contribution in [0.4, 0.5) is 17.1 Å². The van der Waals surface area contributed by atoms with Gasteiger partial charge in [-0.15, -0.1) is 0 Å². The molecular formula is C54H39N5. The summed E-state index contributed by atoms with van der Waals surface area (Å²) in [5.41, 5.74) is 11.5. The van der Waals surface area contributed by atoms with Crippen LogP contribution in [0.3, 0.4) is 0 Å². The van der Waals surface area contributed by atoms with Gasteiger partial charge in [0.1, 0.15) is 12.7 Å². The molecule has 2 aromatic heterocycles. The quantitative estimate of drug-likeness (QED) is 0.138. The summed E-state index contributed by atoms with van der Waals surface area (Å²) in [7, 11) is 0. The van der Waals surface area contributed by atoms with E-state index in [1.807, 2.05) is 6.92 Å². The van der Waals surface area contributed by atoms with E-state index >= 15 is 0 Å². The van der Waals surface area contributed by atoms with E-state index in [1.165, 1.54) is 34.2 Å². The van der Waals surface area contributed by atoms with Crippen LogP contribution in [0.2, 0.25) is 0 Å². The van der Waals surface area contributed by atoms with Gasteiger partial charge in [0.05, 0.1) is 16.7 Å². The Balaban J connectivity index is 1.12. The van der Waals surface area contributed by atoms with E-state index < -0.39 is 0 Å². The van der Waals surface area contributed by atoms with Gasteiger partial charge in [-0.1, -0.05) is 146 Å². The van der Waals surface area contributed by atoms with E-state index in [0.29, 0.717) is 5.82 Å². The van der Waals surface area contributed by atoms with Crippen molar-refractivity contribution in [3.05, 3.63) is 225 Å². The van der Waals surface area contributed by atoms with E-state index in [1.54, 1.807) is 0 Å². The standard InChI is InChI=1S/C54H39N5/c1-3-4-22-47(42-26-29-49-50-30-27-43(54-56-35-55-36-57-54)34-53(50)59(52(49)33-42)44-19-6-5-7-20-44)37(2)40-18-12-21-45(31-40)58(46-28-25-38-14-8-9-16-41(38)32-46)51-24-13-17-39-15-10-11-23-48(39)51/h3-36H,2H2,1H3/b4-3-,47-22+. The summed E-state index contributed by atoms with van der Waals surface area (Å²) < 4.78 is 2.33. The number of rotatable bonds is 9. The summed E-state index contributed by atoms with van der Waals surface area (Å²) in [6.45, 7) is 6.84. The zero-order valence-electron chi connectivity index (χ0n) is 32.6. The summed E-state index contributed by atoms with van der Waals surface area (Å²) in [4.78, 5) is 15.3. The Hall–Kier alpha value is -7.89. The maximum atomic E-state index is 4.79. The van der Waals surface area contributed by atoms with Crippen molar-refractivity contribution in [1.29, 1.82) is 0 Å². The van der Waals surface area contributed by atoms with Crippen LogP contribution in [0.1, 0.15) is 18.1 Å². The zero-order chi connectivity index (χ0) is 39.7. The Morgan fingerprint density at radius 2 is 1.25 bits per heavy atom. The van der Waals surface area contributed by atoms with Crippen LogP contribution in [0.15, 0.2) is 213 Å². The van der Waals surface area contributed by atoms with E-state index in [-0.39, 0.29) is 0 Å². The highest BCUT2D eigenvalue weighted by Gasteiger charge is 2.20. The molecule has 0 saturated carbocycles. The number of nitrogens with zero attached hydrogens (tertiary/aromatic N) is 5. The van der Waals surface area contributed by atoms with Crippen LogP contribution < -0.4 is 4.90 Å². The first-order chi connectivity index (χ1) is 29.1. The highest BCUT2D eigenvalue weighted by atomic mass is 15.1. The second-order valence-electron chi connectivity index (χ2n) is 14.6. The van der Waals surface area contributed by atoms with Crippen molar-refractivity contribution in [2.24, 2.45) is 0 Å². The fourth-order valence-electron chi connectivity index (χ4n) is 8.27. The highest BCUT2D eigenvalue weighted by molar-refractivity contribution is 6.13. The van der Waals surface area contributed by atoms with Crippen molar-refractivity contribution in [1.82, 2.24) is 19.5 Å². The molecule has 10 rings (SSSR count). The first-order valence-electron chi connectivity index (χ1n) is 19.8. The number of anilines is 3. The molecular weight excluding hydrogens is 719 g/mol. The molecule has 0 bridgehead atoms. The summed E-state index contributed by atoms with van der Waals surface area (Å²) in [5, 5.41) is 7.09. The molecule has 0 spiro atoms. The SMILES string of the molecule is C=C(/C(=C\C=C/C)c1ccc2c3ccc(-c4ncncn4)cc3n(-c3ccccc3)c2c1)c1cccc(N(c2ccc3ccccc3c2)c2cccc3ccccc23)c1. The maximum absolute atomic E-state index is 4.79. The van der Waals surface area contributed by atoms with Gasteiger partial charge in [0, 0.05) is 38.8 Å². The minimum Gasteiger partial charge on any atom is -0.310 e. The minimum absolute atomic E-state index is 0.641. The molecule has 0 radical (unpaired) electrons. The lowest BCUT2D eigenvalue weighted by Gasteiger charge is -2.28. The number of para-hydroxylation sites is 1. The molecule has 2 heterocycles. The maximum Gasteiger partial charge on any atom is 0.162 e. The molecule has 0 aliphatic heterocycles. The summed E-state index contributed by atoms with van der Waals surface area (Å²) in [6.07, 6.45) is 9.42. The smallest absolute Gasteiger partial charge is 0.162 e. The molecule has 5 heteroatoms. The monoisotopic (exact) mass is 757 g/mol. The minimum atomic E-state index is 0.641. The number of allylic oxidation sites excluding steroid dienone is 5. The fraction of sp³-hybridized carbons (Fsp3) is 0.0185. The third-order valence-electron chi connectivity index (χ3n) is 11.1. The Morgan fingerprint density at radius 1 is 0.559 bits per heavy atom. The van der Waals surface area contributed by atoms with Gasteiger partial charge in [-0.3, -0.25) is 0 Å². The second kappa shape index (κ2) is 15.2. The van der Waals surface area contributed by atoms with Crippen molar-refractivity contribution in [3.8, 4) is 17.1 Å². The molecule has 8 aromatic carbocycles. The number of hydrogen-bond acceptors (Lipinski definition) is 4. The average Bonchev–Trinajstić information content (AvgIpc) is 3.63. The highest BCUT2D eigenvalue weighted by Crippen LogP contribution is 2.42. The van der Waals surface area contributed by atoms with Gasteiger partial charge in [0.15, 0.2) is 5.82 Å². The van der Waals surface area contributed by atoms with Crippen LogP contribution in [-0.2, 0) is 0 Å². The van der Waals surface area contributed by atoms with Crippen molar-refractivity contribution < 1.29 is 0 Å². The summed E-state index contributed by atoms with van der Waals surface area (Å²) >= 11 is 0. The molecule has 0 saturated heterocycles. The van der Waals surface area contributed by atoms with Crippen LogP contribution in [-0.4, -0.2) is 19.5 Å². The second-order valence-corrected chi connectivity index (χ2v) is 14.6. The predicted molar refractivity (Wildman–Crippen MR) is 248 cm³/mol. The Kier molecular flexibility index (Phi) is 9.16. The fourth-order valence-corrected chi connectivity index (χ4v) is 8.27.